The summed E-state index contributed by atoms with van der Waals surface area (Å²) in [5.74, 6) is 0.615. The molecule has 128 valence electrons. The summed E-state index contributed by atoms with van der Waals surface area (Å²) in [5.41, 5.74) is 1.21. The highest BCUT2D eigenvalue weighted by molar-refractivity contribution is 5.77. The second kappa shape index (κ2) is 10.4. The summed E-state index contributed by atoms with van der Waals surface area (Å²) in [7, 11) is 1.96. The van der Waals surface area contributed by atoms with Gasteiger partial charge in [-0.15, -0.1) is 0 Å². The van der Waals surface area contributed by atoms with E-state index in [0.29, 0.717) is 25.6 Å². The summed E-state index contributed by atoms with van der Waals surface area (Å²) in [6.45, 7) is 5.00. The average molecular weight is 320 g/mol. The van der Waals surface area contributed by atoms with Crippen LogP contribution in [0.15, 0.2) is 30.3 Å². The molecule has 1 N–H and O–H groups in total. The molecule has 0 bridgehead atoms. The molecule has 5 nitrogen and oxygen atoms in total. The lowest BCUT2D eigenvalue weighted by molar-refractivity contribution is -0.122. The van der Waals surface area contributed by atoms with Crippen LogP contribution in [0.5, 0.6) is 0 Å². The summed E-state index contributed by atoms with van der Waals surface area (Å²) in [6, 6.07) is 10.2. The molecule has 0 unspecified atom stereocenters. The SMILES string of the molecule is CN(CC(=O)NCCCOC[C@H]1CCOC1)Cc1ccccc1. The van der Waals surface area contributed by atoms with E-state index in [4.69, 9.17) is 9.47 Å². The third kappa shape index (κ3) is 7.59. The number of hydrogen-bond acceptors (Lipinski definition) is 4. The van der Waals surface area contributed by atoms with E-state index in [2.05, 4.69) is 17.4 Å². The molecule has 2 rings (SSSR count). The van der Waals surface area contributed by atoms with Crippen LogP contribution >= 0.6 is 0 Å². The van der Waals surface area contributed by atoms with Gasteiger partial charge in [0, 0.05) is 32.2 Å². The molecular weight excluding hydrogens is 292 g/mol. The van der Waals surface area contributed by atoms with Crippen molar-refractivity contribution in [3.63, 3.8) is 0 Å². The Morgan fingerprint density at radius 2 is 2.22 bits per heavy atom. The van der Waals surface area contributed by atoms with Gasteiger partial charge in [-0.2, -0.15) is 0 Å². The molecule has 0 aliphatic carbocycles. The number of benzene rings is 1. The Kier molecular flexibility index (Phi) is 8.07. The van der Waals surface area contributed by atoms with Gasteiger partial charge in [-0.3, -0.25) is 9.69 Å². The minimum Gasteiger partial charge on any atom is -0.381 e. The standard InChI is InChI=1S/C18H28N2O3/c1-20(12-16-6-3-2-4-7-16)13-18(21)19-9-5-10-22-14-17-8-11-23-15-17/h2-4,6-7,17H,5,8-15H2,1H3,(H,19,21)/t17-/m1/s1. The maximum absolute atomic E-state index is 11.9. The number of likely N-dealkylation sites (N-methyl/N-ethyl adjacent to an activating group) is 1. The van der Waals surface area contributed by atoms with E-state index >= 15 is 0 Å². The second-order valence-electron chi connectivity index (χ2n) is 6.17. The molecule has 0 radical (unpaired) electrons. The Labute approximate surface area is 139 Å². The predicted octanol–water partition coefficient (Wildman–Crippen LogP) is 1.68. The average Bonchev–Trinajstić information content (AvgIpc) is 3.05. The van der Waals surface area contributed by atoms with Crippen LogP contribution in [0.4, 0.5) is 0 Å². The number of carbonyl (C=O) groups excluding carboxylic acids is 1. The lowest BCUT2D eigenvalue weighted by atomic mass is 10.1. The van der Waals surface area contributed by atoms with Gasteiger partial charge < -0.3 is 14.8 Å². The number of carbonyl (C=O) groups is 1. The summed E-state index contributed by atoms with van der Waals surface area (Å²) < 4.78 is 10.9. The Balaban J connectivity index is 1.47. The van der Waals surface area contributed by atoms with Gasteiger partial charge in [-0.05, 0) is 25.5 Å². The third-order valence-corrected chi connectivity index (χ3v) is 3.87. The van der Waals surface area contributed by atoms with Gasteiger partial charge in [0.15, 0.2) is 0 Å². The first-order chi connectivity index (χ1) is 11.2. The quantitative estimate of drug-likeness (QED) is 0.667. The van der Waals surface area contributed by atoms with Crippen LogP contribution in [0, 0.1) is 5.92 Å². The molecule has 1 fully saturated rings. The van der Waals surface area contributed by atoms with Crippen molar-refractivity contribution in [3.05, 3.63) is 35.9 Å². The summed E-state index contributed by atoms with van der Waals surface area (Å²) in [6.07, 6.45) is 1.95. The Hall–Kier alpha value is -1.43. The molecule has 1 heterocycles. The third-order valence-electron chi connectivity index (χ3n) is 3.87. The highest BCUT2D eigenvalue weighted by Crippen LogP contribution is 2.12. The molecule has 1 aromatic carbocycles. The van der Waals surface area contributed by atoms with E-state index < -0.39 is 0 Å². The van der Waals surface area contributed by atoms with Crippen molar-refractivity contribution in [1.29, 1.82) is 0 Å². The van der Waals surface area contributed by atoms with Crippen molar-refractivity contribution in [3.8, 4) is 0 Å². The second-order valence-corrected chi connectivity index (χ2v) is 6.17. The predicted molar refractivity (Wildman–Crippen MR) is 90.1 cm³/mol. The van der Waals surface area contributed by atoms with Crippen LogP contribution in [0.3, 0.4) is 0 Å². The fourth-order valence-electron chi connectivity index (χ4n) is 2.62. The van der Waals surface area contributed by atoms with E-state index in [1.165, 1.54) is 5.56 Å². The zero-order valence-corrected chi connectivity index (χ0v) is 14.0. The van der Waals surface area contributed by atoms with Crippen LogP contribution < -0.4 is 5.32 Å². The van der Waals surface area contributed by atoms with Crippen molar-refractivity contribution in [2.45, 2.75) is 19.4 Å². The van der Waals surface area contributed by atoms with Crippen LogP contribution in [0.25, 0.3) is 0 Å². The van der Waals surface area contributed by atoms with Gasteiger partial charge in [0.25, 0.3) is 0 Å². The van der Waals surface area contributed by atoms with Crippen LogP contribution in [0.1, 0.15) is 18.4 Å². The van der Waals surface area contributed by atoms with E-state index in [1.54, 1.807) is 0 Å². The fourth-order valence-corrected chi connectivity index (χ4v) is 2.62. The first-order valence-electron chi connectivity index (χ1n) is 8.38. The molecule has 23 heavy (non-hydrogen) atoms. The largest absolute Gasteiger partial charge is 0.381 e. The molecule has 1 aliphatic heterocycles. The molecule has 0 saturated carbocycles. The van der Waals surface area contributed by atoms with Crippen LogP contribution in [-0.4, -0.2) is 57.4 Å². The zero-order valence-electron chi connectivity index (χ0n) is 14.0. The molecule has 1 amide bonds. The lowest BCUT2D eigenvalue weighted by Gasteiger charge is -2.16. The maximum Gasteiger partial charge on any atom is 0.234 e. The molecule has 5 heteroatoms. The van der Waals surface area contributed by atoms with E-state index in [0.717, 1.165) is 39.2 Å². The highest BCUT2D eigenvalue weighted by Gasteiger charge is 2.15. The first kappa shape index (κ1) is 17.9. The molecule has 0 aromatic heterocycles. The highest BCUT2D eigenvalue weighted by atomic mass is 16.5. The minimum atomic E-state index is 0.0626. The smallest absolute Gasteiger partial charge is 0.234 e. The zero-order chi connectivity index (χ0) is 16.3. The molecule has 1 atom stereocenters. The van der Waals surface area contributed by atoms with Gasteiger partial charge in [0.1, 0.15) is 0 Å². The number of nitrogens with one attached hydrogen (secondary N) is 1. The van der Waals surface area contributed by atoms with Crippen molar-refractivity contribution in [1.82, 2.24) is 10.2 Å². The van der Waals surface area contributed by atoms with E-state index in [1.807, 2.05) is 30.1 Å². The minimum absolute atomic E-state index is 0.0626. The normalized spacial score (nSPS) is 17.6. The number of ether oxygens (including phenoxy) is 2. The van der Waals surface area contributed by atoms with Gasteiger partial charge in [-0.25, -0.2) is 0 Å². The summed E-state index contributed by atoms with van der Waals surface area (Å²) in [4.78, 5) is 13.9. The molecule has 1 aromatic rings. The molecular formula is C18H28N2O3. The Morgan fingerprint density at radius 1 is 1.39 bits per heavy atom. The van der Waals surface area contributed by atoms with Gasteiger partial charge in [0.05, 0.1) is 19.8 Å². The number of hydrogen-bond donors (Lipinski definition) is 1. The molecule has 1 aliphatic rings. The monoisotopic (exact) mass is 320 g/mol. The summed E-state index contributed by atoms with van der Waals surface area (Å²) >= 11 is 0. The number of amides is 1. The van der Waals surface area contributed by atoms with Crippen molar-refractivity contribution >= 4 is 5.91 Å². The number of rotatable bonds is 10. The number of nitrogens with zero attached hydrogens (tertiary/aromatic N) is 1. The first-order valence-corrected chi connectivity index (χ1v) is 8.38. The Morgan fingerprint density at radius 3 is 2.96 bits per heavy atom. The van der Waals surface area contributed by atoms with E-state index in [9.17, 15) is 4.79 Å². The topological polar surface area (TPSA) is 50.8 Å². The molecule has 0 spiro atoms. The van der Waals surface area contributed by atoms with Crippen molar-refractivity contribution in [2.75, 3.05) is 46.6 Å². The van der Waals surface area contributed by atoms with E-state index in [-0.39, 0.29) is 5.91 Å². The Bertz CT molecular complexity index is 447. The van der Waals surface area contributed by atoms with Crippen LogP contribution in [0.2, 0.25) is 0 Å². The van der Waals surface area contributed by atoms with Crippen LogP contribution in [-0.2, 0) is 20.8 Å². The van der Waals surface area contributed by atoms with Crippen molar-refractivity contribution in [2.24, 2.45) is 5.92 Å². The van der Waals surface area contributed by atoms with Gasteiger partial charge >= 0.3 is 0 Å². The van der Waals surface area contributed by atoms with Gasteiger partial charge in [0.2, 0.25) is 5.91 Å². The lowest BCUT2D eigenvalue weighted by Crippen LogP contribution is -2.35. The van der Waals surface area contributed by atoms with Gasteiger partial charge in [-0.1, -0.05) is 30.3 Å². The van der Waals surface area contributed by atoms with Crippen molar-refractivity contribution < 1.29 is 14.3 Å². The maximum atomic E-state index is 11.9. The molecule has 1 saturated heterocycles. The fraction of sp³-hybridized carbons (Fsp3) is 0.611. The summed E-state index contributed by atoms with van der Waals surface area (Å²) in [5, 5.41) is 2.94.